The van der Waals surface area contributed by atoms with E-state index in [9.17, 15) is 4.79 Å². The van der Waals surface area contributed by atoms with Crippen LogP contribution in [-0.2, 0) is 6.42 Å². The Morgan fingerprint density at radius 1 is 1.00 bits per heavy atom. The molecule has 3 aromatic carbocycles. The zero-order valence-electron chi connectivity index (χ0n) is 19.2. The molecule has 0 spiro atoms. The first-order valence-electron chi connectivity index (χ1n) is 11.9. The van der Waals surface area contributed by atoms with Gasteiger partial charge in [-0.05, 0) is 49.4 Å². The number of aryl methyl sites for hydroxylation is 1. The molecule has 2 heterocycles. The van der Waals surface area contributed by atoms with Crippen molar-refractivity contribution in [1.82, 2.24) is 10.3 Å². The monoisotopic (exact) mass is 437 g/mol. The van der Waals surface area contributed by atoms with Crippen LogP contribution in [0.15, 0.2) is 79.0 Å². The van der Waals surface area contributed by atoms with Crippen LogP contribution in [-0.4, -0.2) is 30.4 Å². The number of Topliss-reactive ketones (excluding diaryl/α,β-unsaturated/α-hetero) is 1. The maximum Gasteiger partial charge on any atom is 0.186 e. The number of benzene rings is 3. The number of aromatic amines is 1. The summed E-state index contributed by atoms with van der Waals surface area (Å²) in [6, 6.07) is 24.7. The van der Waals surface area contributed by atoms with Crippen molar-refractivity contribution in [2.24, 2.45) is 0 Å². The van der Waals surface area contributed by atoms with Crippen LogP contribution in [0.1, 0.15) is 45.9 Å². The molecule has 5 rings (SSSR count). The van der Waals surface area contributed by atoms with E-state index in [1.807, 2.05) is 36.5 Å². The third-order valence-electron chi connectivity index (χ3n) is 6.68. The lowest BCUT2D eigenvalue weighted by molar-refractivity contribution is 0.0945. The largest absolute Gasteiger partial charge is 0.371 e. The highest BCUT2D eigenvalue weighted by atomic mass is 16.1. The highest BCUT2D eigenvalue weighted by molar-refractivity contribution is 6.11. The third kappa shape index (κ3) is 4.71. The van der Waals surface area contributed by atoms with Gasteiger partial charge >= 0.3 is 0 Å². The first-order valence-corrected chi connectivity index (χ1v) is 11.9. The number of aromatic nitrogens is 1. The predicted octanol–water partition coefficient (Wildman–Crippen LogP) is 5.83. The first-order chi connectivity index (χ1) is 16.2. The van der Waals surface area contributed by atoms with Gasteiger partial charge in [0, 0.05) is 48.0 Å². The van der Waals surface area contributed by atoms with Crippen LogP contribution >= 0.6 is 0 Å². The van der Waals surface area contributed by atoms with Gasteiger partial charge in [0.25, 0.3) is 0 Å². The maximum absolute atomic E-state index is 13.8. The van der Waals surface area contributed by atoms with E-state index in [0.717, 1.165) is 48.1 Å². The van der Waals surface area contributed by atoms with Crippen LogP contribution in [0.5, 0.6) is 0 Å². The molecule has 0 saturated carbocycles. The number of carbonyl (C=O) groups excluding carboxylic acids is 1. The summed E-state index contributed by atoms with van der Waals surface area (Å²) in [6.45, 7) is 5.05. The highest BCUT2D eigenvalue weighted by Gasteiger charge is 2.24. The van der Waals surface area contributed by atoms with Crippen molar-refractivity contribution in [3.05, 3.63) is 101 Å². The summed E-state index contributed by atoms with van der Waals surface area (Å²) < 4.78 is 0. The molecule has 1 saturated heterocycles. The van der Waals surface area contributed by atoms with Crippen LogP contribution < -0.4 is 10.2 Å². The molecule has 0 radical (unpaired) electrons. The van der Waals surface area contributed by atoms with E-state index in [4.69, 9.17) is 0 Å². The number of carbonyl (C=O) groups is 1. The molecule has 1 fully saturated rings. The van der Waals surface area contributed by atoms with E-state index in [1.54, 1.807) is 0 Å². The second kappa shape index (κ2) is 9.63. The van der Waals surface area contributed by atoms with Crippen molar-refractivity contribution in [3.8, 4) is 0 Å². The maximum atomic E-state index is 13.8. The smallest absolute Gasteiger partial charge is 0.186 e. The minimum atomic E-state index is -0.381. The summed E-state index contributed by atoms with van der Waals surface area (Å²) in [5.74, 6) is 0.102. The van der Waals surface area contributed by atoms with E-state index in [0.29, 0.717) is 0 Å². The third-order valence-corrected chi connectivity index (χ3v) is 6.68. The van der Waals surface area contributed by atoms with Crippen LogP contribution in [0.4, 0.5) is 5.69 Å². The van der Waals surface area contributed by atoms with Gasteiger partial charge in [0.15, 0.2) is 5.78 Å². The molecule has 4 aromatic rings. The molecule has 2 N–H and O–H groups in total. The number of ketones is 1. The Morgan fingerprint density at radius 2 is 1.76 bits per heavy atom. The fraction of sp³-hybridized carbons (Fsp3) is 0.276. The summed E-state index contributed by atoms with van der Waals surface area (Å²) >= 11 is 0. The van der Waals surface area contributed by atoms with Crippen LogP contribution in [0.2, 0.25) is 0 Å². The van der Waals surface area contributed by atoms with Gasteiger partial charge in [-0.2, -0.15) is 0 Å². The average Bonchev–Trinajstić information content (AvgIpc) is 3.53. The van der Waals surface area contributed by atoms with Crippen molar-refractivity contribution in [2.75, 3.05) is 24.5 Å². The first kappa shape index (κ1) is 21.5. The Labute approximate surface area is 195 Å². The number of hydrogen-bond donors (Lipinski definition) is 2. The van der Waals surface area contributed by atoms with Gasteiger partial charge in [-0.1, -0.05) is 66.2 Å². The van der Waals surface area contributed by atoms with Gasteiger partial charge in [0.2, 0.25) is 0 Å². The summed E-state index contributed by atoms with van der Waals surface area (Å²) in [7, 11) is 0. The number of hydrogen-bond acceptors (Lipinski definition) is 3. The molecular formula is C29H31N3O. The lowest BCUT2D eigenvalue weighted by Gasteiger charge is -2.19. The Hall–Kier alpha value is -3.37. The molecule has 1 atom stereocenters. The van der Waals surface area contributed by atoms with E-state index in [-0.39, 0.29) is 11.8 Å². The fourth-order valence-corrected chi connectivity index (χ4v) is 4.77. The molecule has 1 aromatic heterocycles. The summed E-state index contributed by atoms with van der Waals surface area (Å²) in [5, 5.41) is 4.53. The minimum Gasteiger partial charge on any atom is -0.371 e. The van der Waals surface area contributed by atoms with Crippen molar-refractivity contribution in [3.63, 3.8) is 0 Å². The van der Waals surface area contributed by atoms with Gasteiger partial charge in [-0.15, -0.1) is 0 Å². The molecule has 4 nitrogen and oxygen atoms in total. The molecule has 0 aliphatic carbocycles. The molecule has 1 aliphatic heterocycles. The highest BCUT2D eigenvalue weighted by Crippen LogP contribution is 2.29. The Balaban J connectivity index is 1.38. The van der Waals surface area contributed by atoms with Gasteiger partial charge in [0.05, 0.1) is 6.04 Å². The number of rotatable bonds is 8. The Bertz CT molecular complexity index is 1220. The normalized spacial score (nSPS) is 14.6. The fourth-order valence-electron chi connectivity index (χ4n) is 4.77. The van der Waals surface area contributed by atoms with Crippen LogP contribution in [0, 0.1) is 6.92 Å². The molecule has 0 amide bonds. The minimum absolute atomic E-state index is 0.102. The molecule has 0 bridgehead atoms. The molecule has 33 heavy (non-hydrogen) atoms. The number of H-pyrrole nitrogens is 1. The topological polar surface area (TPSA) is 48.1 Å². The number of nitrogens with zero attached hydrogens (tertiary/aromatic N) is 1. The molecule has 168 valence electrons. The summed E-state index contributed by atoms with van der Waals surface area (Å²) in [4.78, 5) is 19.5. The number of fused-ring (bicyclic) bond motifs is 1. The van der Waals surface area contributed by atoms with Gasteiger partial charge < -0.3 is 15.2 Å². The van der Waals surface area contributed by atoms with Gasteiger partial charge in [-0.25, -0.2) is 0 Å². The number of anilines is 1. The molecule has 0 unspecified atom stereocenters. The lowest BCUT2D eigenvalue weighted by Crippen LogP contribution is -2.30. The standard InChI is InChI=1S/C29H31N3O/c1-21-9-11-22(12-10-21)15-16-30-28(23-7-3-2-4-8-23)29(33)26-20-31-27-19-24(13-14-25(26)27)32-17-5-6-18-32/h2-4,7-14,19-20,28,30-31H,5-6,15-18H2,1H3/t28-/m0/s1. The quantitative estimate of drug-likeness (QED) is 0.341. The molecule has 1 aliphatic rings. The van der Waals surface area contributed by atoms with Crippen molar-refractivity contribution in [2.45, 2.75) is 32.2 Å². The summed E-state index contributed by atoms with van der Waals surface area (Å²) in [5.41, 5.74) is 6.53. The predicted molar refractivity (Wildman–Crippen MR) is 136 cm³/mol. The molecular weight excluding hydrogens is 406 g/mol. The van der Waals surface area contributed by atoms with E-state index < -0.39 is 0 Å². The van der Waals surface area contributed by atoms with Crippen molar-refractivity contribution < 1.29 is 4.79 Å². The second-order valence-corrected chi connectivity index (χ2v) is 9.02. The zero-order valence-corrected chi connectivity index (χ0v) is 19.2. The lowest BCUT2D eigenvalue weighted by atomic mass is 9.96. The Morgan fingerprint density at radius 3 is 2.52 bits per heavy atom. The Kier molecular flexibility index (Phi) is 6.27. The SMILES string of the molecule is Cc1ccc(CCN[C@H](C(=O)c2c[nH]c3cc(N4CCCC4)ccc23)c2ccccc2)cc1. The average molecular weight is 438 g/mol. The van der Waals surface area contributed by atoms with Crippen LogP contribution in [0.3, 0.4) is 0 Å². The van der Waals surface area contributed by atoms with E-state index >= 15 is 0 Å². The second-order valence-electron chi connectivity index (χ2n) is 9.02. The van der Waals surface area contributed by atoms with Gasteiger partial charge in [0.1, 0.15) is 0 Å². The number of nitrogens with one attached hydrogen (secondary N) is 2. The van der Waals surface area contributed by atoms with Crippen molar-refractivity contribution in [1.29, 1.82) is 0 Å². The van der Waals surface area contributed by atoms with E-state index in [1.165, 1.54) is 29.7 Å². The summed E-state index contributed by atoms with van der Waals surface area (Å²) in [6.07, 6.45) is 5.25. The zero-order chi connectivity index (χ0) is 22.6. The van der Waals surface area contributed by atoms with Crippen LogP contribution in [0.25, 0.3) is 10.9 Å². The molecule has 4 heteroatoms. The van der Waals surface area contributed by atoms with E-state index in [2.05, 4.69) is 64.6 Å². The van der Waals surface area contributed by atoms with Gasteiger partial charge in [-0.3, -0.25) is 4.79 Å². The van der Waals surface area contributed by atoms with Crippen molar-refractivity contribution >= 4 is 22.4 Å².